The Balaban J connectivity index is 2.40. The summed E-state index contributed by atoms with van der Waals surface area (Å²) in [7, 11) is 0. The first kappa shape index (κ1) is 12.3. The van der Waals surface area contributed by atoms with E-state index in [0.29, 0.717) is 23.8 Å². The minimum Gasteiger partial charge on any atom is -0.550 e. The molecule has 1 rings (SSSR count). The fraction of sp³-hybridized carbons (Fsp3) is 0.300. The molecule has 82 valence electrons. The van der Waals surface area contributed by atoms with Crippen molar-refractivity contribution in [3.8, 4) is 5.75 Å². The summed E-state index contributed by atoms with van der Waals surface area (Å²) >= 11 is 9.04. The van der Waals surface area contributed by atoms with Crippen LogP contribution in [0.2, 0.25) is 5.02 Å². The van der Waals surface area contributed by atoms with Crippen LogP contribution in [-0.2, 0) is 4.79 Å². The molecule has 0 aliphatic carbocycles. The van der Waals surface area contributed by atoms with Crippen molar-refractivity contribution in [2.75, 3.05) is 6.61 Å². The van der Waals surface area contributed by atoms with E-state index in [1.54, 1.807) is 18.2 Å². The fourth-order valence-corrected chi connectivity index (χ4v) is 1.79. The summed E-state index contributed by atoms with van der Waals surface area (Å²) < 4.78 is 6.10. The van der Waals surface area contributed by atoms with Gasteiger partial charge in [-0.2, -0.15) is 0 Å². The van der Waals surface area contributed by atoms with Crippen molar-refractivity contribution < 1.29 is 14.6 Å². The van der Waals surface area contributed by atoms with E-state index in [4.69, 9.17) is 16.3 Å². The second-order valence-electron chi connectivity index (χ2n) is 2.90. The maximum Gasteiger partial charge on any atom is 0.133 e. The van der Waals surface area contributed by atoms with Crippen molar-refractivity contribution in [2.45, 2.75) is 12.8 Å². The highest BCUT2D eigenvalue weighted by molar-refractivity contribution is 9.10. The molecule has 0 heterocycles. The van der Waals surface area contributed by atoms with Gasteiger partial charge in [-0.3, -0.25) is 0 Å². The summed E-state index contributed by atoms with van der Waals surface area (Å²) in [6.07, 6.45) is 0.433. The van der Waals surface area contributed by atoms with Crippen LogP contribution in [0.25, 0.3) is 0 Å². The summed E-state index contributed by atoms with van der Waals surface area (Å²) in [4.78, 5) is 10.1. The van der Waals surface area contributed by atoms with Crippen LogP contribution in [0.15, 0.2) is 22.7 Å². The summed E-state index contributed by atoms with van der Waals surface area (Å²) in [5.74, 6) is -0.411. The predicted molar refractivity (Wildman–Crippen MR) is 58.9 cm³/mol. The molecule has 5 heteroatoms. The third kappa shape index (κ3) is 4.53. The van der Waals surface area contributed by atoms with Gasteiger partial charge in [0.25, 0.3) is 0 Å². The van der Waals surface area contributed by atoms with E-state index in [1.165, 1.54) is 0 Å². The first-order valence-electron chi connectivity index (χ1n) is 4.37. The molecule has 0 aromatic heterocycles. The van der Waals surface area contributed by atoms with Crippen molar-refractivity contribution >= 4 is 33.5 Å². The topological polar surface area (TPSA) is 49.4 Å². The number of carboxylic acid groups (broad SMARTS) is 1. The summed E-state index contributed by atoms with van der Waals surface area (Å²) in [6, 6.07) is 5.15. The Morgan fingerprint density at radius 1 is 1.53 bits per heavy atom. The van der Waals surface area contributed by atoms with E-state index in [1.807, 2.05) is 0 Å². The maximum absolute atomic E-state index is 10.1. The van der Waals surface area contributed by atoms with Crippen LogP contribution in [-0.4, -0.2) is 12.6 Å². The molecule has 0 saturated carbocycles. The Morgan fingerprint density at radius 2 is 2.27 bits per heavy atom. The van der Waals surface area contributed by atoms with Gasteiger partial charge >= 0.3 is 0 Å². The number of aliphatic carboxylic acids is 1. The SMILES string of the molecule is O=C([O-])CCCOc1ccc(Cl)cc1Br. The van der Waals surface area contributed by atoms with Crippen LogP contribution in [0.3, 0.4) is 0 Å². The van der Waals surface area contributed by atoms with Crippen LogP contribution in [0.1, 0.15) is 12.8 Å². The smallest absolute Gasteiger partial charge is 0.133 e. The van der Waals surface area contributed by atoms with Gasteiger partial charge in [-0.05, 0) is 47.0 Å². The minimum absolute atomic E-state index is 0.00517. The van der Waals surface area contributed by atoms with Gasteiger partial charge in [-0.15, -0.1) is 0 Å². The van der Waals surface area contributed by atoms with Gasteiger partial charge in [0.05, 0.1) is 11.1 Å². The molecule has 1 aromatic carbocycles. The van der Waals surface area contributed by atoms with Gasteiger partial charge in [0, 0.05) is 11.0 Å². The molecule has 0 unspecified atom stereocenters. The standard InChI is InChI=1S/C10H10BrClO3/c11-8-6-7(12)3-4-9(8)15-5-1-2-10(13)14/h3-4,6H,1-2,5H2,(H,13,14)/p-1. The van der Waals surface area contributed by atoms with Crippen molar-refractivity contribution in [1.29, 1.82) is 0 Å². The first-order valence-corrected chi connectivity index (χ1v) is 5.54. The average Bonchev–Trinajstić information content (AvgIpc) is 2.14. The fourth-order valence-electron chi connectivity index (χ4n) is 0.991. The Hall–Kier alpha value is -0.740. The normalized spacial score (nSPS) is 10.0. The number of hydrogen-bond donors (Lipinski definition) is 0. The molecular formula is C10H9BrClO3-. The molecule has 0 bridgehead atoms. The molecule has 1 aromatic rings. The Bertz CT molecular complexity index is 355. The number of halogens is 2. The van der Waals surface area contributed by atoms with Crippen molar-refractivity contribution in [3.05, 3.63) is 27.7 Å². The second-order valence-corrected chi connectivity index (χ2v) is 4.19. The lowest BCUT2D eigenvalue weighted by molar-refractivity contribution is -0.305. The number of rotatable bonds is 5. The number of carboxylic acids is 1. The molecule has 0 aliphatic rings. The Kier molecular flexibility index (Phi) is 4.91. The van der Waals surface area contributed by atoms with Gasteiger partial charge in [0.2, 0.25) is 0 Å². The largest absolute Gasteiger partial charge is 0.550 e. The first-order chi connectivity index (χ1) is 7.09. The molecule has 0 fully saturated rings. The van der Waals surface area contributed by atoms with Crippen LogP contribution >= 0.6 is 27.5 Å². The minimum atomic E-state index is -1.06. The predicted octanol–water partition coefficient (Wildman–Crippen LogP) is 2.01. The lowest BCUT2D eigenvalue weighted by Crippen LogP contribution is -2.22. The summed E-state index contributed by atoms with van der Waals surface area (Å²) in [6.45, 7) is 0.341. The number of benzene rings is 1. The van der Waals surface area contributed by atoms with Crippen molar-refractivity contribution in [3.63, 3.8) is 0 Å². The number of carbonyl (C=O) groups excluding carboxylic acids is 1. The molecule has 0 atom stereocenters. The molecule has 0 N–H and O–H groups in total. The van der Waals surface area contributed by atoms with Crippen LogP contribution in [0.5, 0.6) is 5.75 Å². The van der Waals surface area contributed by atoms with Gasteiger partial charge in [0.1, 0.15) is 5.75 Å². The lowest BCUT2D eigenvalue weighted by atomic mass is 10.3. The highest BCUT2D eigenvalue weighted by atomic mass is 79.9. The van der Waals surface area contributed by atoms with E-state index in [-0.39, 0.29) is 6.42 Å². The quantitative estimate of drug-likeness (QED) is 0.780. The monoisotopic (exact) mass is 291 g/mol. The number of hydrogen-bond acceptors (Lipinski definition) is 3. The van der Waals surface area contributed by atoms with E-state index in [2.05, 4.69) is 15.9 Å². The average molecular weight is 293 g/mol. The van der Waals surface area contributed by atoms with Crippen molar-refractivity contribution in [2.24, 2.45) is 0 Å². The summed E-state index contributed by atoms with van der Waals surface area (Å²) in [5.41, 5.74) is 0. The van der Waals surface area contributed by atoms with Crippen LogP contribution in [0, 0.1) is 0 Å². The molecule has 0 radical (unpaired) electrons. The van der Waals surface area contributed by atoms with Crippen LogP contribution in [0.4, 0.5) is 0 Å². The van der Waals surface area contributed by atoms with E-state index in [9.17, 15) is 9.90 Å². The zero-order chi connectivity index (χ0) is 11.3. The van der Waals surface area contributed by atoms with Gasteiger partial charge < -0.3 is 14.6 Å². The second kappa shape index (κ2) is 5.98. The lowest BCUT2D eigenvalue weighted by Gasteiger charge is -2.08. The molecule has 15 heavy (non-hydrogen) atoms. The van der Waals surface area contributed by atoms with E-state index in [0.717, 1.165) is 4.47 Å². The number of ether oxygens (including phenoxy) is 1. The Morgan fingerprint density at radius 3 is 2.87 bits per heavy atom. The molecule has 0 amide bonds. The third-order valence-corrected chi connectivity index (χ3v) is 2.53. The molecule has 0 aliphatic heterocycles. The maximum atomic E-state index is 10.1. The zero-order valence-electron chi connectivity index (χ0n) is 7.83. The number of carbonyl (C=O) groups is 1. The molecule has 0 saturated heterocycles. The molecular weight excluding hydrogens is 283 g/mol. The van der Waals surface area contributed by atoms with Gasteiger partial charge in [-0.1, -0.05) is 11.6 Å². The highest BCUT2D eigenvalue weighted by Crippen LogP contribution is 2.27. The van der Waals surface area contributed by atoms with Gasteiger partial charge in [0.15, 0.2) is 0 Å². The van der Waals surface area contributed by atoms with E-state index >= 15 is 0 Å². The van der Waals surface area contributed by atoms with Crippen molar-refractivity contribution in [1.82, 2.24) is 0 Å². The van der Waals surface area contributed by atoms with Crippen LogP contribution < -0.4 is 9.84 Å². The summed E-state index contributed by atoms with van der Waals surface area (Å²) in [5, 5.41) is 10.7. The molecule has 3 nitrogen and oxygen atoms in total. The highest BCUT2D eigenvalue weighted by Gasteiger charge is 2.01. The van der Waals surface area contributed by atoms with Gasteiger partial charge in [-0.25, -0.2) is 0 Å². The zero-order valence-corrected chi connectivity index (χ0v) is 10.2. The van der Waals surface area contributed by atoms with E-state index < -0.39 is 5.97 Å². The third-order valence-electron chi connectivity index (χ3n) is 1.68. The molecule has 0 spiro atoms. The Labute approximate surface area is 101 Å².